The maximum atomic E-state index is 12.1. The third-order valence-electron chi connectivity index (χ3n) is 2.51. The van der Waals surface area contributed by atoms with Crippen molar-refractivity contribution in [2.45, 2.75) is 30.9 Å². The van der Waals surface area contributed by atoms with Crippen molar-refractivity contribution < 1.29 is 8.42 Å². The van der Waals surface area contributed by atoms with Gasteiger partial charge in [-0.25, -0.2) is 8.42 Å². The van der Waals surface area contributed by atoms with E-state index < -0.39 is 15.1 Å². The molecule has 0 spiro atoms. The van der Waals surface area contributed by atoms with Crippen LogP contribution in [0.4, 0.5) is 0 Å². The molecule has 15 heavy (non-hydrogen) atoms. The molecule has 84 valence electrons. The first-order chi connectivity index (χ1) is 6.89. The summed E-state index contributed by atoms with van der Waals surface area (Å²) in [5.41, 5.74) is 7.13. The summed E-state index contributed by atoms with van der Waals surface area (Å²) in [5.74, 6) is 0. The van der Waals surface area contributed by atoms with E-state index in [1.807, 2.05) is 19.1 Å². The molecule has 0 radical (unpaired) electrons. The Morgan fingerprint density at radius 1 is 1.33 bits per heavy atom. The molecule has 0 bridgehead atoms. The van der Waals surface area contributed by atoms with Crippen LogP contribution in [-0.4, -0.2) is 20.2 Å². The lowest BCUT2D eigenvalue weighted by Crippen LogP contribution is -2.27. The van der Waals surface area contributed by atoms with E-state index in [1.54, 1.807) is 19.9 Å². The van der Waals surface area contributed by atoms with Crippen LogP contribution in [0, 0.1) is 13.8 Å². The third kappa shape index (κ3) is 2.38. The summed E-state index contributed by atoms with van der Waals surface area (Å²) in [6.45, 7) is 5.47. The van der Waals surface area contributed by atoms with Gasteiger partial charge in [0, 0.05) is 6.54 Å². The molecule has 0 aromatic heterocycles. The summed E-state index contributed by atoms with van der Waals surface area (Å²) in [6, 6.07) is 5.43. The molecule has 2 N–H and O–H groups in total. The molecule has 0 fully saturated rings. The highest BCUT2D eigenvalue weighted by Crippen LogP contribution is 2.20. The Labute approximate surface area is 91.2 Å². The zero-order chi connectivity index (χ0) is 11.6. The molecular weight excluding hydrogens is 210 g/mol. The van der Waals surface area contributed by atoms with E-state index in [0.29, 0.717) is 4.90 Å². The Morgan fingerprint density at radius 2 is 1.93 bits per heavy atom. The molecule has 1 unspecified atom stereocenters. The van der Waals surface area contributed by atoms with E-state index in [1.165, 1.54) is 0 Å². The van der Waals surface area contributed by atoms with Gasteiger partial charge in [-0.1, -0.05) is 12.1 Å². The molecule has 1 aromatic carbocycles. The van der Waals surface area contributed by atoms with Crippen LogP contribution in [0.25, 0.3) is 0 Å². The van der Waals surface area contributed by atoms with Crippen molar-refractivity contribution in [3.05, 3.63) is 29.3 Å². The fourth-order valence-corrected chi connectivity index (χ4v) is 2.91. The average Bonchev–Trinajstić information content (AvgIpc) is 2.20. The number of rotatable bonds is 3. The largest absolute Gasteiger partial charge is 0.329 e. The minimum absolute atomic E-state index is 0.149. The summed E-state index contributed by atoms with van der Waals surface area (Å²) in [7, 11) is -3.27. The highest BCUT2D eigenvalue weighted by atomic mass is 32.2. The SMILES string of the molecule is Cc1ccc(C)c(S(=O)(=O)C(C)CN)c1. The molecule has 0 aliphatic carbocycles. The summed E-state index contributed by atoms with van der Waals surface area (Å²) >= 11 is 0. The lowest BCUT2D eigenvalue weighted by atomic mass is 10.2. The van der Waals surface area contributed by atoms with Crippen molar-refractivity contribution in [1.82, 2.24) is 0 Å². The summed E-state index contributed by atoms with van der Waals surface area (Å²) in [5, 5.41) is -0.530. The van der Waals surface area contributed by atoms with Gasteiger partial charge in [0.15, 0.2) is 9.84 Å². The molecule has 4 heteroatoms. The van der Waals surface area contributed by atoms with Crippen LogP contribution >= 0.6 is 0 Å². The Bertz CT molecular complexity index is 452. The van der Waals surface area contributed by atoms with Crippen molar-refractivity contribution in [2.24, 2.45) is 5.73 Å². The van der Waals surface area contributed by atoms with Crippen LogP contribution in [-0.2, 0) is 9.84 Å². The molecule has 0 saturated carbocycles. The lowest BCUT2D eigenvalue weighted by Gasteiger charge is -2.13. The summed E-state index contributed by atoms with van der Waals surface area (Å²) in [4.78, 5) is 0.403. The topological polar surface area (TPSA) is 60.2 Å². The maximum Gasteiger partial charge on any atom is 0.182 e. The zero-order valence-electron chi connectivity index (χ0n) is 9.32. The van der Waals surface area contributed by atoms with Gasteiger partial charge in [0.25, 0.3) is 0 Å². The van der Waals surface area contributed by atoms with Gasteiger partial charge in [-0.2, -0.15) is 0 Å². The second-order valence-electron chi connectivity index (χ2n) is 3.86. The van der Waals surface area contributed by atoms with E-state index in [4.69, 9.17) is 5.73 Å². The molecule has 1 aromatic rings. The Morgan fingerprint density at radius 3 is 2.47 bits per heavy atom. The van der Waals surface area contributed by atoms with Gasteiger partial charge >= 0.3 is 0 Å². The molecule has 0 saturated heterocycles. The predicted molar refractivity (Wildman–Crippen MR) is 61.6 cm³/mol. The Hall–Kier alpha value is -0.870. The van der Waals surface area contributed by atoms with Gasteiger partial charge in [0.1, 0.15) is 0 Å². The molecule has 1 rings (SSSR count). The lowest BCUT2D eigenvalue weighted by molar-refractivity contribution is 0.583. The molecule has 1 atom stereocenters. The van der Waals surface area contributed by atoms with E-state index >= 15 is 0 Å². The molecule has 0 aliphatic rings. The third-order valence-corrected chi connectivity index (χ3v) is 4.82. The van der Waals surface area contributed by atoms with Gasteiger partial charge in [-0.05, 0) is 38.0 Å². The molecule has 0 heterocycles. The average molecular weight is 227 g/mol. The molecule has 3 nitrogen and oxygen atoms in total. The number of hydrogen-bond donors (Lipinski definition) is 1. The van der Waals surface area contributed by atoms with Crippen molar-refractivity contribution in [2.75, 3.05) is 6.54 Å². The monoisotopic (exact) mass is 227 g/mol. The highest BCUT2D eigenvalue weighted by Gasteiger charge is 2.23. The van der Waals surface area contributed by atoms with E-state index in [9.17, 15) is 8.42 Å². The van der Waals surface area contributed by atoms with Crippen molar-refractivity contribution in [3.63, 3.8) is 0 Å². The highest BCUT2D eigenvalue weighted by molar-refractivity contribution is 7.92. The van der Waals surface area contributed by atoms with Gasteiger partial charge < -0.3 is 5.73 Å². The number of hydrogen-bond acceptors (Lipinski definition) is 3. The number of aryl methyl sites for hydroxylation is 2. The minimum atomic E-state index is -3.27. The maximum absolute atomic E-state index is 12.1. The van der Waals surface area contributed by atoms with E-state index in [2.05, 4.69) is 0 Å². The van der Waals surface area contributed by atoms with Gasteiger partial charge in [0.05, 0.1) is 10.1 Å². The van der Waals surface area contributed by atoms with Crippen molar-refractivity contribution in [1.29, 1.82) is 0 Å². The predicted octanol–water partition coefficient (Wildman–Crippen LogP) is 1.42. The van der Waals surface area contributed by atoms with Gasteiger partial charge in [0.2, 0.25) is 0 Å². The Kier molecular flexibility index (Phi) is 3.52. The first-order valence-corrected chi connectivity index (χ1v) is 6.45. The quantitative estimate of drug-likeness (QED) is 0.849. The fraction of sp³-hybridized carbons (Fsp3) is 0.455. The summed E-state index contributed by atoms with van der Waals surface area (Å²) in [6.07, 6.45) is 0. The van der Waals surface area contributed by atoms with Gasteiger partial charge in [-0.15, -0.1) is 0 Å². The number of sulfone groups is 1. The van der Waals surface area contributed by atoms with Crippen molar-refractivity contribution in [3.8, 4) is 0 Å². The van der Waals surface area contributed by atoms with E-state index in [0.717, 1.165) is 11.1 Å². The van der Waals surface area contributed by atoms with Gasteiger partial charge in [-0.3, -0.25) is 0 Å². The van der Waals surface area contributed by atoms with Crippen LogP contribution < -0.4 is 5.73 Å². The normalized spacial score (nSPS) is 13.9. The van der Waals surface area contributed by atoms with Crippen LogP contribution in [0.5, 0.6) is 0 Å². The fourth-order valence-electron chi connectivity index (χ4n) is 1.36. The summed E-state index contributed by atoms with van der Waals surface area (Å²) < 4.78 is 24.1. The number of benzene rings is 1. The van der Waals surface area contributed by atoms with E-state index in [-0.39, 0.29) is 6.54 Å². The van der Waals surface area contributed by atoms with Crippen LogP contribution in [0.3, 0.4) is 0 Å². The van der Waals surface area contributed by atoms with Crippen molar-refractivity contribution >= 4 is 9.84 Å². The minimum Gasteiger partial charge on any atom is -0.329 e. The van der Waals surface area contributed by atoms with Crippen LogP contribution in [0.2, 0.25) is 0 Å². The zero-order valence-corrected chi connectivity index (χ0v) is 10.1. The first kappa shape index (κ1) is 12.2. The standard InChI is InChI=1S/C11H17NO2S/c1-8-4-5-9(2)11(6-8)15(13,14)10(3)7-12/h4-6,10H,7,12H2,1-3H3. The smallest absolute Gasteiger partial charge is 0.182 e. The Balaban J connectivity index is 3.33. The van der Waals surface area contributed by atoms with Crippen LogP contribution in [0.15, 0.2) is 23.1 Å². The molecule has 0 aliphatic heterocycles. The molecular formula is C11H17NO2S. The second-order valence-corrected chi connectivity index (χ2v) is 6.19. The molecule has 0 amide bonds. The first-order valence-electron chi connectivity index (χ1n) is 4.91. The number of nitrogens with two attached hydrogens (primary N) is 1. The second kappa shape index (κ2) is 4.33. The van der Waals surface area contributed by atoms with Crippen LogP contribution in [0.1, 0.15) is 18.1 Å².